The van der Waals surface area contributed by atoms with Gasteiger partial charge in [0.1, 0.15) is 5.82 Å². The third-order valence-electron chi connectivity index (χ3n) is 5.97. The smallest absolute Gasteiger partial charge is 0.255 e. The van der Waals surface area contributed by atoms with Gasteiger partial charge in [0.15, 0.2) is 0 Å². The molecule has 1 fully saturated rings. The van der Waals surface area contributed by atoms with Gasteiger partial charge in [0.05, 0.1) is 10.5 Å². The molecule has 7 nitrogen and oxygen atoms in total. The first-order valence-corrected chi connectivity index (χ1v) is 12.4. The summed E-state index contributed by atoms with van der Waals surface area (Å²) in [6.45, 7) is 7.07. The number of sulfonamides is 1. The molecule has 1 saturated heterocycles. The van der Waals surface area contributed by atoms with E-state index in [0.29, 0.717) is 18.7 Å². The van der Waals surface area contributed by atoms with Gasteiger partial charge in [0, 0.05) is 45.5 Å². The van der Waals surface area contributed by atoms with Gasteiger partial charge in [-0.25, -0.2) is 13.4 Å². The molecule has 0 radical (unpaired) electrons. The van der Waals surface area contributed by atoms with Crippen LogP contribution in [-0.2, 0) is 10.0 Å². The van der Waals surface area contributed by atoms with Crippen LogP contribution in [-0.4, -0.2) is 67.8 Å². The summed E-state index contributed by atoms with van der Waals surface area (Å²) in [5, 5.41) is 1.89. The topological polar surface area (TPSA) is 73.8 Å². The summed E-state index contributed by atoms with van der Waals surface area (Å²) >= 11 is 0. The minimum absolute atomic E-state index is 0.119. The number of nitrogens with zero attached hydrogens (tertiary/aromatic N) is 4. The zero-order chi connectivity index (χ0) is 22.7. The number of piperazine rings is 1. The Balaban J connectivity index is 1.43. The van der Waals surface area contributed by atoms with Crippen molar-refractivity contribution in [1.29, 1.82) is 0 Å². The van der Waals surface area contributed by atoms with Gasteiger partial charge in [-0.1, -0.05) is 30.3 Å². The second kappa shape index (κ2) is 9.26. The van der Waals surface area contributed by atoms with E-state index in [-0.39, 0.29) is 23.9 Å². The Kier molecular flexibility index (Phi) is 6.43. The number of carbonyl (C=O) groups excluding carboxylic acids is 1. The monoisotopic (exact) mass is 452 g/mol. The highest BCUT2D eigenvalue weighted by Crippen LogP contribution is 2.23. The van der Waals surface area contributed by atoms with Crippen molar-refractivity contribution >= 4 is 32.5 Å². The summed E-state index contributed by atoms with van der Waals surface area (Å²) in [5.41, 5.74) is 0.520. The first-order chi connectivity index (χ1) is 15.4. The van der Waals surface area contributed by atoms with Crippen LogP contribution in [0.2, 0.25) is 0 Å². The van der Waals surface area contributed by atoms with Crippen LogP contribution in [0, 0.1) is 0 Å². The quantitative estimate of drug-likeness (QED) is 0.574. The number of aromatic nitrogens is 1. The van der Waals surface area contributed by atoms with Gasteiger partial charge in [-0.3, -0.25) is 4.79 Å². The van der Waals surface area contributed by atoms with E-state index in [9.17, 15) is 13.2 Å². The Morgan fingerprint density at radius 3 is 2.25 bits per heavy atom. The number of fused-ring (bicyclic) bond motifs is 1. The molecule has 0 N–H and O–H groups in total. The molecule has 1 aliphatic rings. The first-order valence-electron chi connectivity index (χ1n) is 10.9. The van der Waals surface area contributed by atoms with E-state index in [0.717, 1.165) is 29.7 Å². The van der Waals surface area contributed by atoms with Crippen molar-refractivity contribution in [2.45, 2.75) is 18.7 Å². The maximum absolute atomic E-state index is 13.1. The van der Waals surface area contributed by atoms with Crippen LogP contribution in [0.15, 0.2) is 65.7 Å². The molecule has 0 unspecified atom stereocenters. The van der Waals surface area contributed by atoms with E-state index in [1.807, 2.05) is 36.4 Å². The van der Waals surface area contributed by atoms with E-state index in [2.05, 4.69) is 23.7 Å². The predicted molar refractivity (Wildman–Crippen MR) is 126 cm³/mol. The minimum Gasteiger partial charge on any atom is -0.357 e. The minimum atomic E-state index is -3.61. The van der Waals surface area contributed by atoms with Gasteiger partial charge in [0.25, 0.3) is 5.91 Å². The normalized spacial score (nSPS) is 15.1. The van der Waals surface area contributed by atoms with Gasteiger partial charge < -0.3 is 9.80 Å². The van der Waals surface area contributed by atoms with Crippen LogP contribution in [0.4, 0.5) is 5.82 Å². The standard InChI is InChI=1S/C24H28N4O3S/c1-3-26(4-2)23-12-10-21(18-25-23)24(29)27-13-15-28(16-14-27)32(30,31)22-11-9-19-7-5-6-8-20(19)17-22/h5-12,17-18H,3-4,13-16H2,1-2H3. The zero-order valence-corrected chi connectivity index (χ0v) is 19.3. The molecule has 2 aromatic carbocycles. The Morgan fingerprint density at radius 1 is 0.938 bits per heavy atom. The van der Waals surface area contributed by atoms with Gasteiger partial charge in [-0.05, 0) is 48.9 Å². The summed E-state index contributed by atoms with van der Waals surface area (Å²) in [4.78, 5) is 21.4. The molecular formula is C24H28N4O3S. The Bertz CT molecular complexity index is 1200. The van der Waals surface area contributed by atoms with Crippen LogP contribution in [0.1, 0.15) is 24.2 Å². The van der Waals surface area contributed by atoms with Crippen molar-refractivity contribution in [3.63, 3.8) is 0 Å². The van der Waals surface area contributed by atoms with E-state index < -0.39 is 10.0 Å². The molecule has 2 heterocycles. The van der Waals surface area contributed by atoms with Crippen molar-refractivity contribution in [2.75, 3.05) is 44.2 Å². The molecule has 1 aromatic heterocycles. The number of rotatable bonds is 6. The maximum atomic E-state index is 13.1. The van der Waals surface area contributed by atoms with Crippen molar-refractivity contribution in [2.24, 2.45) is 0 Å². The maximum Gasteiger partial charge on any atom is 0.255 e. The lowest BCUT2D eigenvalue weighted by Gasteiger charge is -2.34. The number of pyridine rings is 1. The Morgan fingerprint density at radius 2 is 1.62 bits per heavy atom. The molecule has 0 spiro atoms. The largest absolute Gasteiger partial charge is 0.357 e. The molecular weight excluding hydrogens is 424 g/mol. The predicted octanol–water partition coefficient (Wildman–Crippen LogP) is 3.23. The zero-order valence-electron chi connectivity index (χ0n) is 18.4. The fourth-order valence-electron chi connectivity index (χ4n) is 4.04. The fraction of sp³-hybridized carbons (Fsp3) is 0.333. The highest BCUT2D eigenvalue weighted by Gasteiger charge is 2.30. The molecule has 0 aliphatic carbocycles. The van der Waals surface area contributed by atoms with E-state index in [4.69, 9.17) is 0 Å². The van der Waals surface area contributed by atoms with E-state index >= 15 is 0 Å². The lowest BCUT2D eigenvalue weighted by Crippen LogP contribution is -2.50. The van der Waals surface area contributed by atoms with Gasteiger partial charge in [0.2, 0.25) is 10.0 Å². The third-order valence-corrected chi connectivity index (χ3v) is 7.86. The molecule has 0 saturated carbocycles. The summed E-state index contributed by atoms with van der Waals surface area (Å²) in [6, 6.07) is 16.5. The van der Waals surface area contributed by atoms with Crippen molar-refractivity contribution in [3.05, 3.63) is 66.4 Å². The van der Waals surface area contributed by atoms with Gasteiger partial charge in [-0.2, -0.15) is 4.31 Å². The average molecular weight is 453 g/mol. The van der Waals surface area contributed by atoms with Crippen LogP contribution in [0.25, 0.3) is 10.8 Å². The number of hydrogen-bond acceptors (Lipinski definition) is 5. The molecule has 4 rings (SSSR count). The highest BCUT2D eigenvalue weighted by atomic mass is 32.2. The van der Waals surface area contributed by atoms with Crippen LogP contribution < -0.4 is 4.90 Å². The third kappa shape index (κ3) is 4.33. The molecule has 32 heavy (non-hydrogen) atoms. The number of benzene rings is 2. The second-order valence-electron chi connectivity index (χ2n) is 7.78. The Hall–Kier alpha value is -2.97. The highest BCUT2D eigenvalue weighted by molar-refractivity contribution is 7.89. The number of carbonyl (C=O) groups is 1. The lowest BCUT2D eigenvalue weighted by atomic mass is 10.1. The molecule has 3 aromatic rings. The van der Waals surface area contributed by atoms with Crippen LogP contribution in [0.3, 0.4) is 0 Å². The van der Waals surface area contributed by atoms with Crippen molar-refractivity contribution < 1.29 is 13.2 Å². The molecule has 168 valence electrons. The molecule has 0 bridgehead atoms. The van der Waals surface area contributed by atoms with Crippen molar-refractivity contribution in [3.8, 4) is 0 Å². The number of hydrogen-bond donors (Lipinski definition) is 0. The number of amides is 1. The lowest BCUT2D eigenvalue weighted by molar-refractivity contribution is 0.0697. The summed E-state index contributed by atoms with van der Waals surface area (Å²) in [6.07, 6.45) is 1.61. The second-order valence-corrected chi connectivity index (χ2v) is 9.72. The molecule has 1 aliphatic heterocycles. The van der Waals surface area contributed by atoms with Crippen LogP contribution >= 0.6 is 0 Å². The number of anilines is 1. The van der Waals surface area contributed by atoms with E-state index in [1.165, 1.54) is 4.31 Å². The first kappa shape index (κ1) is 22.2. The SMILES string of the molecule is CCN(CC)c1ccc(C(=O)N2CCN(S(=O)(=O)c3ccc4ccccc4c3)CC2)cn1. The van der Waals surface area contributed by atoms with Crippen LogP contribution in [0.5, 0.6) is 0 Å². The fourth-order valence-corrected chi connectivity index (χ4v) is 5.50. The molecule has 8 heteroatoms. The summed E-state index contributed by atoms with van der Waals surface area (Å²) in [7, 11) is -3.61. The summed E-state index contributed by atoms with van der Waals surface area (Å²) in [5.74, 6) is 0.726. The van der Waals surface area contributed by atoms with E-state index in [1.54, 1.807) is 29.3 Å². The van der Waals surface area contributed by atoms with Gasteiger partial charge in [-0.15, -0.1) is 0 Å². The average Bonchev–Trinajstić information content (AvgIpc) is 2.84. The Labute approximate surface area is 189 Å². The van der Waals surface area contributed by atoms with Crippen molar-refractivity contribution in [1.82, 2.24) is 14.2 Å². The van der Waals surface area contributed by atoms with Gasteiger partial charge >= 0.3 is 0 Å². The molecule has 1 amide bonds. The summed E-state index contributed by atoms with van der Waals surface area (Å²) < 4.78 is 27.7. The molecule has 0 atom stereocenters.